The first-order chi connectivity index (χ1) is 19.5. The van der Waals surface area contributed by atoms with Gasteiger partial charge in [-0.1, -0.05) is 34.1 Å². The van der Waals surface area contributed by atoms with Crippen molar-refractivity contribution in [2.75, 3.05) is 19.6 Å². The Labute approximate surface area is 242 Å². The maximum atomic E-state index is 13.9. The second-order valence-corrected chi connectivity index (χ2v) is 10.9. The molecule has 2 aromatic rings. The molecule has 3 N–H and O–H groups in total. The van der Waals surface area contributed by atoms with Gasteiger partial charge in [0.15, 0.2) is 0 Å². The van der Waals surface area contributed by atoms with E-state index in [1.165, 1.54) is 6.07 Å². The molecule has 0 aromatic heterocycles. The molecule has 0 aliphatic rings. The monoisotopic (exact) mass is 573 g/mol. The molecule has 3 amide bonds. The Morgan fingerprint density at radius 3 is 2.12 bits per heavy atom. The second-order valence-electron chi connectivity index (χ2n) is 10.9. The van der Waals surface area contributed by atoms with E-state index >= 15 is 0 Å². The third kappa shape index (κ3) is 11.2. The Hall–Kier alpha value is -3.33. The highest BCUT2D eigenvalue weighted by molar-refractivity contribution is 6.00. The number of carbonyl (C=O) groups is 3. The molecule has 0 spiro atoms. The number of hydrogen-bond acceptors (Lipinski definition) is 4. The fourth-order valence-corrected chi connectivity index (χ4v) is 4.69. The van der Waals surface area contributed by atoms with Crippen molar-refractivity contribution in [3.05, 3.63) is 70.3 Å². The first-order valence-corrected chi connectivity index (χ1v) is 14.6. The van der Waals surface area contributed by atoms with Gasteiger partial charge in [0.1, 0.15) is 11.6 Å². The van der Waals surface area contributed by atoms with E-state index in [1.54, 1.807) is 24.0 Å². The maximum Gasteiger partial charge on any atom is 0.253 e. The summed E-state index contributed by atoms with van der Waals surface area (Å²) in [6.07, 6.45) is 1.82. The van der Waals surface area contributed by atoms with Crippen LogP contribution in [0.2, 0.25) is 0 Å². The first kappa shape index (κ1) is 33.9. The van der Waals surface area contributed by atoms with E-state index in [0.717, 1.165) is 43.0 Å². The van der Waals surface area contributed by atoms with Crippen LogP contribution in [0.15, 0.2) is 36.4 Å². The van der Waals surface area contributed by atoms with Gasteiger partial charge in [-0.05, 0) is 80.0 Å². The Kier molecular flexibility index (Phi) is 13.9. The van der Waals surface area contributed by atoms with Gasteiger partial charge in [0.25, 0.3) is 11.8 Å². The van der Waals surface area contributed by atoms with E-state index in [0.29, 0.717) is 25.1 Å². The van der Waals surface area contributed by atoms with E-state index in [2.05, 4.69) is 10.6 Å². The lowest BCUT2D eigenvalue weighted by molar-refractivity contribution is -0.122. The Morgan fingerprint density at radius 1 is 0.927 bits per heavy atom. The zero-order valence-electron chi connectivity index (χ0n) is 24.9. The minimum absolute atomic E-state index is 0.0409. The number of carbonyl (C=O) groups excluding carboxylic acids is 3. The Morgan fingerprint density at radius 2 is 1.54 bits per heavy atom. The highest BCUT2D eigenvalue weighted by Crippen LogP contribution is 2.17. The van der Waals surface area contributed by atoms with Gasteiger partial charge >= 0.3 is 0 Å². The number of halogens is 2. The zero-order valence-corrected chi connectivity index (χ0v) is 24.9. The molecule has 0 fully saturated rings. The van der Waals surface area contributed by atoms with Crippen molar-refractivity contribution in [2.45, 2.75) is 85.3 Å². The van der Waals surface area contributed by atoms with Crippen LogP contribution in [0.5, 0.6) is 0 Å². The molecule has 0 radical (unpaired) electrons. The average molecular weight is 574 g/mol. The molecule has 2 rings (SSSR count). The standard InChI is InChI=1S/C32H45F2N3O4/c1-6-11-37(12-7-2)32(41)25-14-22(5)13-24(19-25)31(40)36-28(18-23-16-26(33)20-27(34)17-23)29(38)9-10-35-30(39)15-21(4)8-3/h13-14,16-17,19-21,28-29,38H,6-12,15,18H2,1-5H3,(H,35,39)(H,36,40)/t21?,28-,29+/m1/s1. The number of nitrogens with one attached hydrogen (secondary N) is 2. The van der Waals surface area contributed by atoms with E-state index in [9.17, 15) is 28.3 Å². The SMILES string of the molecule is CCCN(CCC)C(=O)c1cc(C)cc(C(=O)N[C@H](Cc2cc(F)cc(F)c2)[C@@H](O)CCNC(=O)CC(C)CC)c1. The second kappa shape index (κ2) is 16.8. The first-order valence-electron chi connectivity index (χ1n) is 14.6. The van der Waals surface area contributed by atoms with Crippen LogP contribution >= 0.6 is 0 Å². The highest BCUT2D eigenvalue weighted by Gasteiger charge is 2.24. The van der Waals surface area contributed by atoms with Crippen molar-refractivity contribution in [1.29, 1.82) is 0 Å². The third-order valence-corrected chi connectivity index (χ3v) is 7.01. The molecule has 0 saturated heterocycles. The molecular formula is C32H45F2N3O4. The van der Waals surface area contributed by atoms with Crippen LogP contribution in [0, 0.1) is 24.5 Å². The van der Waals surface area contributed by atoms with E-state index in [4.69, 9.17) is 0 Å². The number of aryl methyl sites for hydroxylation is 1. The molecule has 0 aliphatic heterocycles. The van der Waals surface area contributed by atoms with Gasteiger partial charge in [-0.15, -0.1) is 0 Å². The molecule has 0 heterocycles. The summed E-state index contributed by atoms with van der Waals surface area (Å²) in [4.78, 5) is 40.5. The van der Waals surface area contributed by atoms with Crippen LogP contribution in [-0.4, -0.2) is 59.5 Å². The number of nitrogens with zero attached hydrogens (tertiary/aromatic N) is 1. The average Bonchev–Trinajstić information content (AvgIpc) is 2.91. The van der Waals surface area contributed by atoms with E-state index in [-0.39, 0.29) is 48.2 Å². The van der Waals surface area contributed by atoms with Gasteiger partial charge in [-0.25, -0.2) is 8.78 Å². The Balaban J connectivity index is 2.25. The van der Waals surface area contributed by atoms with Crippen molar-refractivity contribution in [3.8, 4) is 0 Å². The summed E-state index contributed by atoms with van der Waals surface area (Å²) in [5.41, 5.74) is 1.63. The number of amides is 3. The topological polar surface area (TPSA) is 98.7 Å². The molecule has 0 aliphatic carbocycles. The van der Waals surface area contributed by atoms with Gasteiger partial charge in [0.05, 0.1) is 12.1 Å². The number of rotatable bonds is 16. The van der Waals surface area contributed by atoms with Gasteiger partial charge in [0.2, 0.25) is 5.91 Å². The van der Waals surface area contributed by atoms with Gasteiger partial charge in [0, 0.05) is 43.2 Å². The number of hydrogen-bond donors (Lipinski definition) is 3. The molecule has 0 saturated carbocycles. The number of benzene rings is 2. The summed E-state index contributed by atoms with van der Waals surface area (Å²) in [6, 6.07) is 7.07. The fraction of sp³-hybridized carbons (Fsp3) is 0.531. The maximum absolute atomic E-state index is 13.9. The summed E-state index contributed by atoms with van der Waals surface area (Å²) < 4.78 is 27.8. The zero-order chi connectivity index (χ0) is 30.5. The highest BCUT2D eigenvalue weighted by atomic mass is 19.1. The summed E-state index contributed by atoms with van der Waals surface area (Å²) in [7, 11) is 0. The number of aliphatic hydroxyl groups is 1. The number of aliphatic hydroxyl groups excluding tert-OH is 1. The molecule has 226 valence electrons. The van der Waals surface area contributed by atoms with Crippen molar-refractivity contribution in [2.24, 2.45) is 5.92 Å². The molecule has 7 nitrogen and oxygen atoms in total. The van der Waals surface area contributed by atoms with Crippen LogP contribution < -0.4 is 10.6 Å². The van der Waals surface area contributed by atoms with Crippen LogP contribution in [0.3, 0.4) is 0 Å². The van der Waals surface area contributed by atoms with Crippen LogP contribution in [0.4, 0.5) is 8.78 Å². The third-order valence-electron chi connectivity index (χ3n) is 7.01. The molecular weight excluding hydrogens is 528 g/mol. The van der Waals surface area contributed by atoms with E-state index < -0.39 is 29.7 Å². The van der Waals surface area contributed by atoms with Gasteiger partial charge < -0.3 is 20.6 Å². The van der Waals surface area contributed by atoms with Crippen LogP contribution in [-0.2, 0) is 11.2 Å². The molecule has 0 bridgehead atoms. The minimum atomic E-state index is -1.12. The van der Waals surface area contributed by atoms with Crippen LogP contribution in [0.25, 0.3) is 0 Å². The lowest BCUT2D eigenvalue weighted by Gasteiger charge is -2.25. The predicted octanol–water partition coefficient (Wildman–Crippen LogP) is 5.18. The van der Waals surface area contributed by atoms with Crippen molar-refractivity contribution < 1.29 is 28.3 Å². The molecule has 2 aromatic carbocycles. The van der Waals surface area contributed by atoms with Crippen molar-refractivity contribution >= 4 is 17.7 Å². The molecule has 41 heavy (non-hydrogen) atoms. The summed E-state index contributed by atoms with van der Waals surface area (Å²) in [5, 5.41) is 16.6. The smallest absolute Gasteiger partial charge is 0.253 e. The molecule has 3 atom stereocenters. The van der Waals surface area contributed by atoms with Crippen molar-refractivity contribution in [3.63, 3.8) is 0 Å². The fourth-order valence-electron chi connectivity index (χ4n) is 4.69. The summed E-state index contributed by atoms with van der Waals surface area (Å²) in [5.74, 6) is -2.10. The van der Waals surface area contributed by atoms with E-state index in [1.807, 2.05) is 27.7 Å². The largest absolute Gasteiger partial charge is 0.391 e. The van der Waals surface area contributed by atoms with Crippen LogP contribution in [0.1, 0.15) is 91.6 Å². The predicted molar refractivity (Wildman–Crippen MR) is 157 cm³/mol. The quantitative estimate of drug-likeness (QED) is 0.258. The van der Waals surface area contributed by atoms with Gasteiger partial charge in [-0.3, -0.25) is 14.4 Å². The van der Waals surface area contributed by atoms with Crippen molar-refractivity contribution in [1.82, 2.24) is 15.5 Å². The normalized spacial score (nSPS) is 13.3. The lowest BCUT2D eigenvalue weighted by Crippen LogP contribution is -2.46. The minimum Gasteiger partial charge on any atom is -0.391 e. The summed E-state index contributed by atoms with van der Waals surface area (Å²) >= 11 is 0. The van der Waals surface area contributed by atoms with Gasteiger partial charge in [-0.2, -0.15) is 0 Å². The molecule has 1 unspecified atom stereocenters. The summed E-state index contributed by atoms with van der Waals surface area (Å²) in [6.45, 7) is 11.2. The Bertz CT molecular complexity index is 1150. The lowest BCUT2D eigenvalue weighted by atomic mass is 9.97. The molecule has 9 heteroatoms.